The fourth-order valence-corrected chi connectivity index (χ4v) is 16.3. The van der Waals surface area contributed by atoms with Gasteiger partial charge in [0.15, 0.2) is 25.2 Å². The second-order valence-corrected chi connectivity index (χ2v) is 25.6. The third-order valence-electron chi connectivity index (χ3n) is 20.2. The van der Waals surface area contributed by atoms with E-state index in [2.05, 4.69) is 47.6 Å². The number of carbonyl (C=O) groups excluding carboxylic acids is 2. The summed E-state index contributed by atoms with van der Waals surface area (Å²) in [6.45, 7) is 16.9. The Morgan fingerprint density at radius 1 is 0.753 bits per heavy atom. The lowest BCUT2D eigenvalue weighted by Gasteiger charge is -2.63. The first-order valence-electron chi connectivity index (χ1n) is 28.0. The number of ether oxygens (including phenoxy) is 11. The van der Waals surface area contributed by atoms with Gasteiger partial charge >= 0.3 is 11.9 Å². The lowest BCUT2D eigenvalue weighted by atomic mass is 9.41. The number of fused-ring (bicyclic) bond motifs is 4. The van der Waals surface area contributed by atoms with Crippen molar-refractivity contribution >= 4 is 11.9 Å². The third-order valence-corrected chi connectivity index (χ3v) is 20.2. The summed E-state index contributed by atoms with van der Waals surface area (Å²) in [6.07, 6.45) is -18.8. The Balaban J connectivity index is 0.874. The van der Waals surface area contributed by atoms with Crippen molar-refractivity contribution in [1.82, 2.24) is 0 Å². The van der Waals surface area contributed by atoms with Crippen molar-refractivity contribution in [1.29, 1.82) is 0 Å². The van der Waals surface area contributed by atoms with Gasteiger partial charge in [0.05, 0.1) is 43.4 Å². The number of carbonyl (C=O) groups is 2. The Kier molecular flexibility index (Phi) is 17.2. The van der Waals surface area contributed by atoms with Crippen molar-refractivity contribution in [3.05, 3.63) is 11.6 Å². The number of allylic oxidation sites excluding steroid dienone is 2. The van der Waals surface area contributed by atoms with Crippen molar-refractivity contribution in [3.8, 4) is 0 Å². The predicted octanol–water partition coefficient (Wildman–Crippen LogP) is 0.873. The fraction of sp³-hybridized carbons (Fsp3) is 0.927. The molecule has 22 heteroatoms. The van der Waals surface area contributed by atoms with E-state index in [1.54, 1.807) is 0 Å². The van der Waals surface area contributed by atoms with E-state index >= 15 is 0 Å². The van der Waals surface area contributed by atoms with Crippen LogP contribution in [0.25, 0.3) is 0 Å². The normalized spacial score (nSPS) is 51.5. The molecule has 3 saturated carbocycles. The largest absolute Gasteiger partial charge is 0.462 e. The predicted molar refractivity (Wildman–Crippen MR) is 265 cm³/mol. The van der Waals surface area contributed by atoms with Crippen LogP contribution in [-0.4, -0.2) is 213 Å². The summed E-state index contributed by atoms with van der Waals surface area (Å²) in [7, 11) is 1.23. The highest BCUT2D eigenvalue weighted by atomic mass is 16.8. The molecule has 22 nitrogen and oxygen atoms in total. The number of esters is 2. The molecule has 0 aromatic carbocycles. The van der Waals surface area contributed by atoms with Crippen LogP contribution in [0.4, 0.5) is 0 Å². The number of cyclic esters (lactones) is 1. The molecule has 0 bridgehead atoms. The molecule has 0 radical (unpaired) electrons. The molecular formula is C55H88O22. The van der Waals surface area contributed by atoms with E-state index < -0.39 is 158 Å². The first kappa shape index (κ1) is 59.6. The van der Waals surface area contributed by atoms with Crippen LogP contribution < -0.4 is 0 Å². The van der Waals surface area contributed by atoms with Crippen molar-refractivity contribution in [2.24, 2.45) is 45.3 Å². The second-order valence-electron chi connectivity index (χ2n) is 25.6. The zero-order valence-electron chi connectivity index (χ0n) is 46.3. The zero-order chi connectivity index (χ0) is 56.1. The van der Waals surface area contributed by atoms with Crippen LogP contribution in [0.2, 0.25) is 0 Å². The highest BCUT2D eigenvalue weighted by molar-refractivity contribution is 5.84. The maximum absolute atomic E-state index is 14.6. The molecular weight excluding hydrogens is 1010 g/mol. The highest BCUT2D eigenvalue weighted by Gasteiger charge is 2.79. The first-order valence-corrected chi connectivity index (χ1v) is 28.0. The summed E-state index contributed by atoms with van der Waals surface area (Å²) in [5.74, 6) is -0.104. The number of rotatable bonds is 15. The van der Waals surface area contributed by atoms with Crippen LogP contribution in [0.3, 0.4) is 0 Å². The van der Waals surface area contributed by atoms with E-state index in [0.29, 0.717) is 38.0 Å². The molecule has 0 amide bonds. The summed E-state index contributed by atoms with van der Waals surface area (Å²) in [5.41, 5.74) is -1.67. The van der Waals surface area contributed by atoms with E-state index in [1.165, 1.54) is 26.5 Å². The van der Waals surface area contributed by atoms with Crippen LogP contribution in [-0.2, 0) is 61.7 Å². The Hall–Kier alpha value is -2.04. The van der Waals surface area contributed by atoms with Gasteiger partial charge in [-0.1, -0.05) is 59.6 Å². The van der Waals surface area contributed by atoms with Gasteiger partial charge in [0, 0.05) is 19.4 Å². The maximum Gasteiger partial charge on any atom is 0.314 e. The molecule has 9 aliphatic rings. The van der Waals surface area contributed by atoms with Crippen LogP contribution in [0, 0.1) is 45.3 Å². The summed E-state index contributed by atoms with van der Waals surface area (Å²) in [5, 5.41) is 98.7. The van der Waals surface area contributed by atoms with Gasteiger partial charge in [0.1, 0.15) is 91.1 Å². The minimum absolute atomic E-state index is 0.0907. The van der Waals surface area contributed by atoms with Crippen molar-refractivity contribution < 1.29 is 108 Å². The highest BCUT2D eigenvalue weighted by Crippen LogP contribution is 2.77. The number of hydrogen-bond donors (Lipinski definition) is 9. The summed E-state index contributed by atoms with van der Waals surface area (Å²) in [4.78, 5) is 27.4. The van der Waals surface area contributed by atoms with Crippen LogP contribution in [0.5, 0.6) is 0 Å². The average Bonchev–Trinajstić information content (AvgIpc) is 3.96. The van der Waals surface area contributed by atoms with Gasteiger partial charge in [-0.15, -0.1) is 0 Å². The van der Waals surface area contributed by atoms with E-state index in [4.69, 9.17) is 52.1 Å². The van der Waals surface area contributed by atoms with Crippen molar-refractivity contribution in [2.45, 2.75) is 249 Å². The van der Waals surface area contributed by atoms with Gasteiger partial charge < -0.3 is 98.1 Å². The smallest absolute Gasteiger partial charge is 0.314 e. The number of hydrogen-bond acceptors (Lipinski definition) is 22. The molecule has 5 saturated heterocycles. The average molecular weight is 1100 g/mol. The van der Waals surface area contributed by atoms with Crippen LogP contribution in [0.15, 0.2) is 11.6 Å². The molecule has 0 aromatic rings. The maximum atomic E-state index is 14.6. The van der Waals surface area contributed by atoms with Gasteiger partial charge in [-0.25, -0.2) is 0 Å². The lowest BCUT2D eigenvalue weighted by Crippen LogP contribution is -2.65. The summed E-state index contributed by atoms with van der Waals surface area (Å²) >= 11 is 0. The lowest BCUT2D eigenvalue weighted by molar-refractivity contribution is -0.382. The molecule has 4 aliphatic carbocycles. The molecule has 1 spiro atoms. The first-order chi connectivity index (χ1) is 36.2. The molecule has 440 valence electrons. The van der Waals surface area contributed by atoms with Gasteiger partial charge in [-0.05, 0) is 93.8 Å². The second kappa shape index (κ2) is 22.3. The van der Waals surface area contributed by atoms with Gasteiger partial charge in [0.2, 0.25) is 0 Å². The number of methoxy groups -OCH3 is 1. The number of aliphatic hydroxyl groups excluding tert-OH is 9. The molecule has 9 N–H and O–H groups in total. The Morgan fingerprint density at radius 2 is 1.40 bits per heavy atom. The van der Waals surface area contributed by atoms with E-state index in [1.807, 2.05) is 6.92 Å². The van der Waals surface area contributed by atoms with Crippen LogP contribution in [0.1, 0.15) is 120 Å². The molecule has 8 fully saturated rings. The molecule has 5 aliphatic heterocycles. The van der Waals surface area contributed by atoms with Gasteiger partial charge in [-0.2, -0.15) is 0 Å². The monoisotopic (exact) mass is 1100 g/mol. The van der Waals surface area contributed by atoms with E-state index in [-0.39, 0.29) is 41.7 Å². The minimum Gasteiger partial charge on any atom is -0.462 e. The van der Waals surface area contributed by atoms with Crippen molar-refractivity contribution in [3.63, 3.8) is 0 Å². The third kappa shape index (κ3) is 10.1. The Morgan fingerprint density at radius 3 is 2.08 bits per heavy atom. The Labute approximate surface area is 450 Å². The standard InChI is InChI=1S/C55H88O22/c1-24(2)12-11-17-54(9)45-31(71-26(4)57)20-53(8)28-13-14-33-51(5,6)34(16-18-52(33,7)27(28)15-19-55(45,53)50(66)77-54)73-49-44(35(60)29(58)22-69-49)76-47-38(63)37(62)41(25(3)70-47)74-46-39(64)42(30(59)23-68-46)75-48-40(65)43(67-10)36(61)32(21-56)72-48/h13,24-25,27,29-49,56,58-65H,11-12,14-23H2,1-10H3/t25?,27?,29?,30?,31-,32?,33?,34+,35?,36?,37?,38?,39?,40?,41?,42?,43?,44?,45-,46?,47?,48?,49?,52-,53+,54+,55-/m1/s1. The fourth-order valence-electron chi connectivity index (χ4n) is 16.3. The topological polar surface area (TPSA) is 318 Å². The molecule has 77 heavy (non-hydrogen) atoms. The van der Waals surface area contributed by atoms with Crippen LogP contribution >= 0.6 is 0 Å². The number of aliphatic hydroxyl groups is 9. The summed E-state index contributed by atoms with van der Waals surface area (Å²) < 4.78 is 66.1. The zero-order valence-corrected chi connectivity index (χ0v) is 46.3. The molecule has 5 heterocycles. The molecule has 0 aromatic heterocycles. The van der Waals surface area contributed by atoms with E-state index in [9.17, 15) is 55.5 Å². The SMILES string of the molecule is COC1C(O)C(CO)OC(OC2C(O)COC(OC3C(C)OC(OC4C(O[C@H]5CC[C@]6(C)C7CC[C@]89C(=O)O[C@@](C)(CCCC(C)C)[C@H]8[C@H](OC(C)=O)C[C@@]9(C)C7=CCC6C5(C)C)OCC(O)C4O)C(O)C3O)C2O)C1O. The quantitative estimate of drug-likeness (QED) is 0.0812. The molecule has 20 unspecified atom stereocenters. The summed E-state index contributed by atoms with van der Waals surface area (Å²) in [6, 6.07) is 0. The minimum atomic E-state index is -1.84. The van der Waals surface area contributed by atoms with Gasteiger partial charge in [0.25, 0.3) is 0 Å². The molecule has 9 rings (SSSR count). The molecule has 27 atom stereocenters. The van der Waals surface area contributed by atoms with E-state index in [0.717, 1.165) is 25.7 Å². The Bertz CT molecular complexity index is 2130. The van der Waals surface area contributed by atoms with Gasteiger partial charge in [-0.3, -0.25) is 9.59 Å². The van der Waals surface area contributed by atoms with Crippen molar-refractivity contribution in [2.75, 3.05) is 26.9 Å².